The van der Waals surface area contributed by atoms with Gasteiger partial charge in [0.1, 0.15) is 5.69 Å². The first-order valence-corrected chi connectivity index (χ1v) is 9.30. The average molecular weight is 323 g/mol. The third kappa shape index (κ3) is 1.98. The van der Waals surface area contributed by atoms with Crippen molar-refractivity contribution in [3.05, 3.63) is 30.0 Å². The van der Waals surface area contributed by atoms with Crippen LogP contribution in [0.3, 0.4) is 0 Å². The van der Waals surface area contributed by atoms with Gasteiger partial charge in [-0.25, -0.2) is 0 Å². The number of hydrogen-bond acceptors (Lipinski definition) is 2. The van der Waals surface area contributed by atoms with E-state index < -0.39 is 0 Å². The number of carbonyl (C=O) groups excluding carboxylic acids is 1. The molecule has 1 aromatic heterocycles. The summed E-state index contributed by atoms with van der Waals surface area (Å²) in [5.41, 5.74) is 1.64. The Hall–Kier alpha value is -1.84. The lowest BCUT2D eigenvalue weighted by molar-refractivity contribution is -0.0492. The highest BCUT2D eigenvalue weighted by Gasteiger charge is 2.50. The highest BCUT2D eigenvalue weighted by molar-refractivity contribution is 6.05. The van der Waals surface area contributed by atoms with Gasteiger partial charge >= 0.3 is 0 Å². The minimum absolute atomic E-state index is 0.142. The van der Waals surface area contributed by atoms with Gasteiger partial charge in [0, 0.05) is 25.5 Å². The van der Waals surface area contributed by atoms with Crippen molar-refractivity contribution >= 4 is 16.8 Å². The minimum atomic E-state index is 0.142. The molecule has 4 fully saturated rings. The molecule has 4 bridgehead atoms. The van der Waals surface area contributed by atoms with Crippen molar-refractivity contribution in [2.24, 2.45) is 30.7 Å². The third-order valence-electron chi connectivity index (χ3n) is 6.89. The second-order valence-corrected chi connectivity index (χ2v) is 8.33. The lowest BCUT2D eigenvalue weighted by atomic mass is 9.54. The van der Waals surface area contributed by atoms with E-state index in [1.54, 1.807) is 4.68 Å². The van der Waals surface area contributed by atoms with Crippen LogP contribution in [0.25, 0.3) is 10.9 Å². The summed E-state index contributed by atoms with van der Waals surface area (Å²) in [6, 6.07) is 8.39. The van der Waals surface area contributed by atoms with E-state index in [4.69, 9.17) is 0 Å². The number of amides is 1. The molecule has 0 spiro atoms. The summed E-state index contributed by atoms with van der Waals surface area (Å²) in [5.74, 6) is 3.45. The monoisotopic (exact) mass is 323 g/mol. The van der Waals surface area contributed by atoms with Crippen LogP contribution in [0.4, 0.5) is 0 Å². The largest absolute Gasteiger partial charge is 0.337 e. The van der Waals surface area contributed by atoms with E-state index in [1.165, 1.54) is 32.1 Å². The first-order chi connectivity index (χ1) is 11.6. The number of hydrogen-bond donors (Lipinski definition) is 0. The Morgan fingerprint density at radius 1 is 1.08 bits per heavy atom. The van der Waals surface area contributed by atoms with Crippen LogP contribution in [0.2, 0.25) is 0 Å². The van der Waals surface area contributed by atoms with Crippen LogP contribution in [-0.4, -0.2) is 33.7 Å². The summed E-state index contributed by atoms with van der Waals surface area (Å²) in [6.45, 7) is 0. The maximum atomic E-state index is 13.3. The van der Waals surface area contributed by atoms with Gasteiger partial charge < -0.3 is 4.90 Å². The molecule has 1 amide bonds. The van der Waals surface area contributed by atoms with Gasteiger partial charge in [0.05, 0.1) is 5.52 Å². The fraction of sp³-hybridized carbons (Fsp3) is 0.600. The normalized spacial score (nSPS) is 34.0. The molecule has 0 saturated heterocycles. The van der Waals surface area contributed by atoms with Gasteiger partial charge in [-0.05, 0) is 61.8 Å². The maximum Gasteiger partial charge on any atom is 0.272 e. The van der Waals surface area contributed by atoms with E-state index in [2.05, 4.69) is 10.00 Å². The van der Waals surface area contributed by atoms with Crippen LogP contribution < -0.4 is 0 Å². The molecular weight excluding hydrogens is 298 g/mol. The topological polar surface area (TPSA) is 38.1 Å². The molecule has 0 aliphatic heterocycles. The van der Waals surface area contributed by atoms with Gasteiger partial charge in [-0.2, -0.15) is 5.10 Å². The molecule has 1 heterocycles. The molecule has 1 aromatic carbocycles. The number of rotatable bonds is 2. The summed E-state index contributed by atoms with van der Waals surface area (Å²) in [6.07, 6.45) is 6.79. The second kappa shape index (κ2) is 5.08. The summed E-state index contributed by atoms with van der Waals surface area (Å²) in [4.78, 5) is 15.4. The minimum Gasteiger partial charge on any atom is -0.337 e. The van der Waals surface area contributed by atoms with E-state index in [1.807, 2.05) is 38.4 Å². The van der Waals surface area contributed by atoms with E-state index >= 15 is 0 Å². The summed E-state index contributed by atoms with van der Waals surface area (Å²) < 4.78 is 1.76. The van der Waals surface area contributed by atoms with Crippen molar-refractivity contribution in [1.82, 2.24) is 14.7 Å². The van der Waals surface area contributed by atoms with Crippen LogP contribution in [0, 0.1) is 23.7 Å². The van der Waals surface area contributed by atoms with Crippen molar-refractivity contribution in [3.63, 3.8) is 0 Å². The molecule has 2 aromatic rings. The van der Waals surface area contributed by atoms with E-state index in [9.17, 15) is 4.79 Å². The number of aromatic nitrogens is 2. The number of benzene rings is 1. The molecule has 0 radical (unpaired) electrons. The van der Waals surface area contributed by atoms with Crippen LogP contribution in [0.5, 0.6) is 0 Å². The SMILES string of the molecule is CN(C(=O)c1c2ccccc2nn1C)C1C2CC3CC(C2)CC1C3. The molecule has 6 rings (SSSR count). The molecule has 0 atom stereocenters. The van der Waals surface area contributed by atoms with Crippen LogP contribution >= 0.6 is 0 Å². The lowest BCUT2D eigenvalue weighted by Crippen LogP contribution is -2.56. The third-order valence-corrected chi connectivity index (χ3v) is 6.89. The Bertz CT molecular complexity index is 780. The Morgan fingerprint density at radius 2 is 1.71 bits per heavy atom. The van der Waals surface area contributed by atoms with E-state index in [-0.39, 0.29) is 5.91 Å². The summed E-state index contributed by atoms with van der Waals surface area (Å²) >= 11 is 0. The smallest absolute Gasteiger partial charge is 0.272 e. The molecule has 4 aliphatic carbocycles. The quantitative estimate of drug-likeness (QED) is 0.849. The highest BCUT2D eigenvalue weighted by Crippen LogP contribution is 2.55. The van der Waals surface area contributed by atoms with Gasteiger partial charge in [0.25, 0.3) is 5.91 Å². The number of fused-ring (bicyclic) bond motifs is 1. The zero-order chi connectivity index (χ0) is 16.4. The standard InChI is InChI=1S/C20H25N3O/c1-22(18-14-8-12-7-13(10-14)11-15(18)9-12)20(24)19-16-5-3-4-6-17(16)21-23(19)2/h3-6,12-15,18H,7-11H2,1-2H3. The first-order valence-electron chi connectivity index (χ1n) is 9.30. The van der Waals surface area contributed by atoms with Crippen LogP contribution in [-0.2, 0) is 7.05 Å². The maximum absolute atomic E-state index is 13.3. The fourth-order valence-corrected chi connectivity index (χ4v) is 6.23. The van der Waals surface area contributed by atoms with Crippen molar-refractivity contribution in [3.8, 4) is 0 Å². The fourth-order valence-electron chi connectivity index (χ4n) is 6.23. The van der Waals surface area contributed by atoms with E-state index in [0.29, 0.717) is 6.04 Å². The van der Waals surface area contributed by atoms with Gasteiger partial charge in [0.2, 0.25) is 0 Å². The van der Waals surface area contributed by atoms with Crippen LogP contribution in [0.1, 0.15) is 42.6 Å². The summed E-state index contributed by atoms with van der Waals surface area (Å²) in [5, 5.41) is 5.50. The molecule has 4 saturated carbocycles. The molecule has 0 unspecified atom stereocenters. The van der Waals surface area contributed by atoms with Gasteiger partial charge in [-0.15, -0.1) is 0 Å². The highest BCUT2D eigenvalue weighted by atomic mass is 16.2. The van der Waals surface area contributed by atoms with Crippen molar-refractivity contribution in [2.75, 3.05) is 7.05 Å². The average Bonchev–Trinajstić information content (AvgIpc) is 2.88. The molecule has 24 heavy (non-hydrogen) atoms. The first kappa shape index (κ1) is 14.5. The summed E-state index contributed by atoms with van der Waals surface area (Å²) in [7, 11) is 3.91. The molecule has 0 N–H and O–H groups in total. The zero-order valence-corrected chi connectivity index (χ0v) is 14.5. The molecular formula is C20H25N3O. The molecule has 126 valence electrons. The predicted molar refractivity (Wildman–Crippen MR) is 93.6 cm³/mol. The number of carbonyl (C=O) groups is 1. The van der Waals surface area contributed by atoms with Crippen molar-refractivity contribution in [1.29, 1.82) is 0 Å². The Kier molecular flexibility index (Phi) is 3.07. The second-order valence-electron chi connectivity index (χ2n) is 8.33. The van der Waals surface area contributed by atoms with Gasteiger partial charge in [-0.1, -0.05) is 18.2 Å². The molecule has 4 nitrogen and oxygen atoms in total. The Labute approximate surface area is 142 Å². The Morgan fingerprint density at radius 3 is 2.38 bits per heavy atom. The van der Waals surface area contributed by atoms with Gasteiger partial charge in [-0.3, -0.25) is 9.48 Å². The van der Waals surface area contributed by atoms with Crippen molar-refractivity contribution in [2.45, 2.75) is 38.1 Å². The van der Waals surface area contributed by atoms with E-state index in [0.717, 1.165) is 40.3 Å². The predicted octanol–water partition coefficient (Wildman–Crippen LogP) is 3.47. The zero-order valence-electron chi connectivity index (χ0n) is 14.5. The number of nitrogens with zero attached hydrogens (tertiary/aromatic N) is 3. The molecule has 4 aliphatic rings. The van der Waals surface area contributed by atoms with Crippen molar-refractivity contribution < 1.29 is 4.79 Å². The van der Waals surface area contributed by atoms with Gasteiger partial charge in [0.15, 0.2) is 0 Å². The Balaban J connectivity index is 1.49. The lowest BCUT2D eigenvalue weighted by Gasteiger charge is -2.56. The van der Waals surface area contributed by atoms with Crippen LogP contribution in [0.15, 0.2) is 24.3 Å². The molecule has 4 heteroatoms. The number of aryl methyl sites for hydroxylation is 1.